The number of carbonyl (C=O) groups excluding carboxylic acids is 2. The second-order valence-electron chi connectivity index (χ2n) is 8.09. The van der Waals surface area contributed by atoms with Crippen LogP contribution in [-0.2, 0) is 17.8 Å². The number of carbonyl (C=O) groups is 2. The number of hydrogen-bond donors (Lipinski definition) is 1. The molecule has 4 rings (SSSR count). The van der Waals surface area contributed by atoms with Crippen LogP contribution in [0.2, 0.25) is 0 Å². The van der Waals surface area contributed by atoms with Crippen LogP contribution in [0.25, 0.3) is 0 Å². The van der Waals surface area contributed by atoms with Crippen LogP contribution in [0.4, 0.5) is 4.79 Å². The normalized spacial score (nSPS) is 16.1. The van der Waals surface area contributed by atoms with Gasteiger partial charge in [-0.3, -0.25) is 14.6 Å². The molecule has 0 aromatic heterocycles. The molecule has 0 aliphatic carbocycles. The number of nitrogens with zero attached hydrogens (tertiary/aromatic N) is 2. The van der Waals surface area contributed by atoms with Gasteiger partial charge in [0.2, 0.25) is 5.91 Å². The summed E-state index contributed by atoms with van der Waals surface area (Å²) in [5.41, 5.74) is 3.64. The SMILES string of the molecule is COc1cc(CN(C)C(C)c2ccc3c(c2)CCO3)ccc1OCCN1C(=O)CNC1=O. The van der Waals surface area contributed by atoms with E-state index in [0.717, 1.165) is 35.8 Å². The first-order chi connectivity index (χ1) is 15.5. The van der Waals surface area contributed by atoms with Gasteiger partial charge in [0, 0.05) is 19.0 Å². The summed E-state index contributed by atoms with van der Waals surface area (Å²) in [4.78, 5) is 26.7. The second-order valence-corrected chi connectivity index (χ2v) is 8.09. The summed E-state index contributed by atoms with van der Waals surface area (Å²) in [6, 6.07) is 12.1. The summed E-state index contributed by atoms with van der Waals surface area (Å²) >= 11 is 0. The van der Waals surface area contributed by atoms with Crippen LogP contribution >= 0.6 is 0 Å². The molecule has 1 unspecified atom stereocenters. The number of methoxy groups -OCH3 is 1. The van der Waals surface area contributed by atoms with Crippen LogP contribution in [0.3, 0.4) is 0 Å². The molecule has 2 aromatic carbocycles. The fourth-order valence-electron chi connectivity index (χ4n) is 4.00. The summed E-state index contributed by atoms with van der Waals surface area (Å²) in [5, 5.41) is 2.50. The van der Waals surface area contributed by atoms with Gasteiger partial charge in [-0.1, -0.05) is 18.2 Å². The Bertz CT molecular complexity index is 993. The van der Waals surface area contributed by atoms with E-state index in [1.165, 1.54) is 11.1 Å². The van der Waals surface area contributed by atoms with Crippen LogP contribution in [-0.4, -0.2) is 62.2 Å². The maximum atomic E-state index is 11.7. The second kappa shape index (κ2) is 9.48. The maximum absolute atomic E-state index is 11.7. The van der Waals surface area contributed by atoms with Gasteiger partial charge < -0.3 is 19.5 Å². The number of amides is 3. The number of ether oxygens (including phenoxy) is 3. The average molecular weight is 440 g/mol. The Morgan fingerprint density at radius 2 is 2.03 bits per heavy atom. The fourth-order valence-corrected chi connectivity index (χ4v) is 4.00. The standard InChI is InChI=1S/C24H29N3O5/c1-16(18-5-7-20-19(13-18)8-10-31-20)26(2)15-17-4-6-21(22(12-17)30-3)32-11-9-27-23(28)14-25-24(27)29/h4-7,12-13,16H,8-11,14-15H2,1-3H3,(H,25,29). The molecule has 0 bridgehead atoms. The van der Waals surface area contributed by atoms with Crippen molar-refractivity contribution in [2.75, 3.05) is 40.5 Å². The van der Waals surface area contributed by atoms with E-state index in [1.807, 2.05) is 18.2 Å². The highest BCUT2D eigenvalue weighted by Gasteiger charge is 2.28. The van der Waals surface area contributed by atoms with E-state index in [9.17, 15) is 9.59 Å². The van der Waals surface area contributed by atoms with Crippen molar-refractivity contribution >= 4 is 11.9 Å². The topological polar surface area (TPSA) is 80.3 Å². The van der Waals surface area contributed by atoms with Gasteiger partial charge >= 0.3 is 6.03 Å². The van der Waals surface area contributed by atoms with Gasteiger partial charge in [-0.2, -0.15) is 0 Å². The Labute approximate surface area is 188 Å². The molecular formula is C24H29N3O5. The minimum absolute atomic E-state index is 0.0437. The third-order valence-electron chi connectivity index (χ3n) is 6.03. The highest BCUT2D eigenvalue weighted by molar-refractivity contribution is 6.01. The summed E-state index contributed by atoms with van der Waals surface area (Å²) in [7, 11) is 3.70. The maximum Gasteiger partial charge on any atom is 0.324 e. The molecule has 1 saturated heterocycles. The third kappa shape index (κ3) is 4.65. The quantitative estimate of drug-likeness (QED) is 0.606. The first kappa shape index (κ1) is 22.0. The lowest BCUT2D eigenvalue weighted by molar-refractivity contribution is -0.125. The van der Waals surface area contributed by atoms with Crippen LogP contribution in [0.5, 0.6) is 17.2 Å². The molecule has 2 aromatic rings. The van der Waals surface area contributed by atoms with Crippen molar-refractivity contribution < 1.29 is 23.8 Å². The average Bonchev–Trinajstić information content (AvgIpc) is 3.40. The van der Waals surface area contributed by atoms with Crippen molar-refractivity contribution in [2.24, 2.45) is 0 Å². The van der Waals surface area contributed by atoms with E-state index >= 15 is 0 Å². The lowest BCUT2D eigenvalue weighted by Gasteiger charge is -2.26. The first-order valence-electron chi connectivity index (χ1n) is 10.8. The van der Waals surface area contributed by atoms with Crippen LogP contribution in [0.1, 0.15) is 29.7 Å². The van der Waals surface area contributed by atoms with Gasteiger partial charge in [0.25, 0.3) is 0 Å². The van der Waals surface area contributed by atoms with E-state index in [1.54, 1.807) is 7.11 Å². The largest absolute Gasteiger partial charge is 0.493 e. The molecule has 8 nitrogen and oxygen atoms in total. The molecule has 2 heterocycles. The van der Waals surface area contributed by atoms with Crippen molar-refractivity contribution in [2.45, 2.75) is 25.9 Å². The van der Waals surface area contributed by atoms with E-state index in [2.05, 4.69) is 42.4 Å². The van der Waals surface area contributed by atoms with Crippen molar-refractivity contribution in [1.29, 1.82) is 0 Å². The first-order valence-corrected chi connectivity index (χ1v) is 10.8. The summed E-state index contributed by atoms with van der Waals surface area (Å²) in [5.74, 6) is 1.96. The summed E-state index contributed by atoms with van der Waals surface area (Å²) < 4.78 is 16.9. The zero-order valence-corrected chi connectivity index (χ0v) is 18.7. The molecule has 0 spiro atoms. The lowest BCUT2D eigenvalue weighted by atomic mass is 10.0. The number of nitrogens with one attached hydrogen (secondary N) is 1. The van der Waals surface area contributed by atoms with Gasteiger partial charge in [-0.05, 0) is 48.9 Å². The molecule has 2 aliphatic rings. The van der Waals surface area contributed by atoms with E-state index in [-0.39, 0.29) is 37.7 Å². The number of hydrogen-bond acceptors (Lipinski definition) is 6. The van der Waals surface area contributed by atoms with Crippen LogP contribution in [0.15, 0.2) is 36.4 Å². The fraction of sp³-hybridized carbons (Fsp3) is 0.417. The van der Waals surface area contributed by atoms with Gasteiger partial charge in [0.15, 0.2) is 11.5 Å². The molecule has 32 heavy (non-hydrogen) atoms. The molecular weight excluding hydrogens is 410 g/mol. The summed E-state index contributed by atoms with van der Waals surface area (Å²) in [6.07, 6.45) is 0.967. The van der Waals surface area contributed by atoms with Gasteiger partial charge in [0.1, 0.15) is 12.4 Å². The molecule has 2 aliphatic heterocycles. The smallest absolute Gasteiger partial charge is 0.324 e. The number of benzene rings is 2. The predicted octanol–water partition coefficient (Wildman–Crippen LogP) is 2.75. The van der Waals surface area contributed by atoms with E-state index in [4.69, 9.17) is 14.2 Å². The number of urea groups is 1. The number of imide groups is 1. The Morgan fingerprint density at radius 1 is 1.19 bits per heavy atom. The molecule has 8 heteroatoms. The zero-order valence-electron chi connectivity index (χ0n) is 18.7. The van der Waals surface area contributed by atoms with Crippen LogP contribution < -0.4 is 19.5 Å². The lowest BCUT2D eigenvalue weighted by Crippen LogP contribution is -2.34. The van der Waals surface area contributed by atoms with Crippen molar-refractivity contribution in [3.63, 3.8) is 0 Å². The third-order valence-corrected chi connectivity index (χ3v) is 6.03. The van der Waals surface area contributed by atoms with E-state index < -0.39 is 0 Å². The number of fused-ring (bicyclic) bond motifs is 1. The Hall–Kier alpha value is -3.26. The summed E-state index contributed by atoms with van der Waals surface area (Å²) in [6.45, 7) is 4.14. The molecule has 1 atom stereocenters. The van der Waals surface area contributed by atoms with Crippen LogP contribution in [0, 0.1) is 0 Å². The minimum Gasteiger partial charge on any atom is -0.493 e. The molecule has 3 amide bonds. The van der Waals surface area contributed by atoms with Crippen molar-refractivity contribution in [3.8, 4) is 17.2 Å². The van der Waals surface area contributed by atoms with Gasteiger partial charge in [-0.25, -0.2) is 4.79 Å². The number of rotatable bonds is 9. The zero-order chi connectivity index (χ0) is 22.7. The molecule has 1 fully saturated rings. The molecule has 0 radical (unpaired) electrons. The van der Waals surface area contributed by atoms with Crippen molar-refractivity contribution in [3.05, 3.63) is 53.1 Å². The molecule has 170 valence electrons. The van der Waals surface area contributed by atoms with E-state index in [0.29, 0.717) is 11.5 Å². The highest BCUT2D eigenvalue weighted by Crippen LogP contribution is 2.32. The predicted molar refractivity (Wildman–Crippen MR) is 119 cm³/mol. The Morgan fingerprint density at radius 3 is 2.78 bits per heavy atom. The van der Waals surface area contributed by atoms with Gasteiger partial charge in [-0.15, -0.1) is 0 Å². The monoisotopic (exact) mass is 439 g/mol. The Balaban J connectivity index is 1.36. The Kier molecular flexibility index (Phi) is 6.50. The molecule has 0 saturated carbocycles. The van der Waals surface area contributed by atoms with Gasteiger partial charge in [0.05, 0.1) is 26.8 Å². The minimum atomic E-state index is -0.381. The highest BCUT2D eigenvalue weighted by atomic mass is 16.5. The van der Waals surface area contributed by atoms with Crippen molar-refractivity contribution in [1.82, 2.24) is 15.1 Å². The molecule has 1 N–H and O–H groups in total.